The number of aromatic nitrogens is 2. The van der Waals surface area contributed by atoms with Crippen molar-refractivity contribution in [2.75, 3.05) is 13.2 Å². The Morgan fingerprint density at radius 1 is 1.61 bits per heavy atom. The number of aryl methyl sites for hydroxylation is 1. The SMILES string of the molecule is CC1CN(Cc2c(C(=O)O)cnn2C)C(C)CO1. The van der Waals surface area contributed by atoms with Crippen LogP contribution >= 0.6 is 0 Å². The molecule has 2 atom stereocenters. The van der Waals surface area contributed by atoms with Crippen molar-refractivity contribution in [2.24, 2.45) is 7.05 Å². The van der Waals surface area contributed by atoms with E-state index in [1.807, 2.05) is 6.92 Å². The number of ether oxygens (including phenoxy) is 1. The number of carboxylic acids is 1. The number of aromatic carboxylic acids is 1. The predicted molar refractivity (Wildman–Crippen MR) is 65.5 cm³/mol. The fraction of sp³-hybridized carbons (Fsp3) is 0.667. The second-order valence-corrected chi connectivity index (χ2v) is 4.86. The maximum Gasteiger partial charge on any atom is 0.339 e. The minimum Gasteiger partial charge on any atom is -0.478 e. The van der Waals surface area contributed by atoms with Crippen LogP contribution in [0.5, 0.6) is 0 Å². The fourth-order valence-corrected chi connectivity index (χ4v) is 2.21. The molecule has 0 aromatic carbocycles. The van der Waals surface area contributed by atoms with Crippen LogP contribution in [0.25, 0.3) is 0 Å². The highest BCUT2D eigenvalue weighted by atomic mass is 16.5. The molecule has 0 amide bonds. The van der Waals surface area contributed by atoms with E-state index in [4.69, 9.17) is 9.84 Å². The van der Waals surface area contributed by atoms with Gasteiger partial charge < -0.3 is 9.84 Å². The quantitative estimate of drug-likeness (QED) is 0.860. The van der Waals surface area contributed by atoms with Crippen LogP contribution in [0, 0.1) is 0 Å². The zero-order chi connectivity index (χ0) is 13.3. The fourth-order valence-electron chi connectivity index (χ4n) is 2.21. The number of carboxylic acid groups (broad SMARTS) is 1. The number of rotatable bonds is 3. The van der Waals surface area contributed by atoms with Crippen LogP contribution in [0.15, 0.2) is 6.20 Å². The van der Waals surface area contributed by atoms with Gasteiger partial charge in [0.2, 0.25) is 0 Å². The number of carbonyl (C=O) groups is 1. The van der Waals surface area contributed by atoms with Gasteiger partial charge in [-0.15, -0.1) is 0 Å². The summed E-state index contributed by atoms with van der Waals surface area (Å²) in [7, 11) is 1.77. The van der Waals surface area contributed by atoms with Gasteiger partial charge in [-0.05, 0) is 13.8 Å². The molecule has 2 rings (SSSR count). The molecule has 1 aliphatic heterocycles. The normalized spacial score (nSPS) is 25.3. The third kappa shape index (κ3) is 2.54. The van der Waals surface area contributed by atoms with Crippen LogP contribution in [0.2, 0.25) is 0 Å². The topological polar surface area (TPSA) is 67.6 Å². The summed E-state index contributed by atoms with van der Waals surface area (Å²) in [5.74, 6) is -0.924. The molecule has 6 heteroatoms. The molecule has 1 aliphatic rings. The van der Waals surface area contributed by atoms with Gasteiger partial charge in [-0.2, -0.15) is 5.10 Å². The second kappa shape index (κ2) is 5.07. The van der Waals surface area contributed by atoms with Crippen molar-refractivity contribution >= 4 is 5.97 Å². The van der Waals surface area contributed by atoms with Crippen LogP contribution in [0.4, 0.5) is 0 Å². The van der Waals surface area contributed by atoms with Crippen LogP contribution in [-0.4, -0.2) is 51.1 Å². The first kappa shape index (κ1) is 13.0. The zero-order valence-electron chi connectivity index (χ0n) is 11.0. The molecule has 1 N–H and O–H groups in total. The van der Waals surface area contributed by atoms with Crippen LogP contribution in [0.3, 0.4) is 0 Å². The van der Waals surface area contributed by atoms with Gasteiger partial charge in [0, 0.05) is 26.2 Å². The Morgan fingerprint density at radius 3 is 3.00 bits per heavy atom. The number of hydrogen-bond donors (Lipinski definition) is 1. The number of morpholine rings is 1. The van der Waals surface area contributed by atoms with Crippen molar-refractivity contribution in [3.63, 3.8) is 0 Å². The summed E-state index contributed by atoms with van der Waals surface area (Å²) in [6, 6.07) is 0.290. The average Bonchev–Trinajstić information content (AvgIpc) is 2.66. The first-order valence-corrected chi connectivity index (χ1v) is 6.09. The van der Waals surface area contributed by atoms with E-state index in [1.54, 1.807) is 11.7 Å². The maximum absolute atomic E-state index is 11.1. The highest BCUT2D eigenvalue weighted by Gasteiger charge is 2.26. The molecule has 18 heavy (non-hydrogen) atoms. The molecule has 1 aromatic rings. The summed E-state index contributed by atoms with van der Waals surface area (Å²) in [4.78, 5) is 13.4. The first-order chi connectivity index (χ1) is 8.49. The monoisotopic (exact) mass is 253 g/mol. The second-order valence-electron chi connectivity index (χ2n) is 4.86. The lowest BCUT2D eigenvalue weighted by molar-refractivity contribution is -0.0534. The summed E-state index contributed by atoms with van der Waals surface area (Å²) in [5, 5.41) is 13.2. The molecule has 0 saturated carbocycles. The minimum absolute atomic E-state index is 0.183. The van der Waals surface area contributed by atoms with E-state index >= 15 is 0 Å². The van der Waals surface area contributed by atoms with E-state index in [2.05, 4.69) is 16.9 Å². The van der Waals surface area contributed by atoms with E-state index in [0.717, 1.165) is 12.2 Å². The van der Waals surface area contributed by atoms with E-state index in [-0.39, 0.29) is 17.7 Å². The van der Waals surface area contributed by atoms with Crippen molar-refractivity contribution < 1.29 is 14.6 Å². The van der Waals surface area contributed by atoms with Gasteiger partial charge in [0.15, 0.2) is 0 Å². The highest BCUT2D eigenvalue weighted by Crippen LogP contribution is 2.17. The Kier molecular flexibility index (Phi) is 3.68. The molecular weight excluding hydrogens is 234 g/mol. The summed E-state index contributed by atoms with van der Waals surface area (Å²) < 4.78 is 7.20. The van der Waals surface area contributed by atoms with Gasteiger partial charge >= 0.3 is 5.97 Å². The molecule has 100 valence electrons. The van der Waals surface area contributed by atoms with Gasteiger partial charge in [0.1, 0.15) is 5.56 Å². The van der Waals surface area contributed by atoms with Crippen LogP contribution < -0.4 is 0 Å². The van der Waals surface area contributed by atoms with Crippen molar-refractivity contribution in [1.29, 1.82) is 0 Å². The standard InChI is InChI=1S/C12H19N3O3/c1-8-7-18-9(2)5-15(8)6-11-10(12(16)17)4-13-14(11)3/h4,8-9H,5-7H2,1-3H3,(H,16,17). The van der Waals surface area contributed by atoms with Gasteiger partial charge in [-0.1, -0.05) is 0 Å². The smallest absolute Gasteiger partial charge is 0.339 e. The molecule has 1 fully saturated rings. The first-order valence-electron chi connectivity index (χ1n) is 6.09. The molecule has 0 radical (unpaired) electrons. The van der Waals surface area contributed by atoms with Gasteiger partial charge in [-0.25, -0.2) is 4.79 Å². The van der Waals surface area contributed by atoms with Crippen molar-refractivity contribution in [3.05, 3.63) is 17.5 Å². The van der Waals surface area contributed by atoms with Crippen LogP contribution in [-0.2, 0) is 18.3 Å². The predicted octanol–water partition coefficient (Wildman–Crippen LogP) is 0.728. The van der Waals surface area contributed by atoms with Crippen molar-refractivity contribution in [1.82, 2.24) is 14.7 Å². The lowest BCUT2D eigenvalue weighted by atomic mass is 10.1. The molecule has 0 aliphatic carbocycles. The Balaban J connectivity index is 2.17. The maximum atomic E-state index is 11.1. The van der Waals surface area contributed by atoms with E-state index in [1.165, 1.54) is 6.20 Å². The Labute approximate surface area is 106 Å². The highest BCUT2D eigenvalue weighted by molar-refractivity contribution is 5.88. The number of hydrogen-bond acceptors (Lipinski definition) is 4. The molecule has 2 heterocycles. The third-order valence-electron chi connectivity index (χ3n) is 3.38. The molecule has 0 bridgehead atoms. The van der Waals surface area contributed by atoms with Gasteiger partial charge in [0.25, 0.3) is 0 Å². The summed E-state index contributed by atoms with van der Waals surface area (Å²) >= 11 is 0. The van der Waals surface area contributed by atoms with E-state index < -0.39 is 5.97 Å². The van der Waals surface area contributed by atoms with Crippen LogP contribution in [0.1, 0.15) is 29.9 Å². The van der Waals surface area contributed by atoms with Crippen molar-refractivity contribution in [3.8, 4) is 0 Å². The largest absolute Gasteiger partial charge is 0.478 e. The molecule has 1 saturated heterocycles. The zero-order valence-corrected chi connectivity index (χ0v) is 11.0. The lowest BCUT2D eigenvalue weighted by Gasteiger charge is -2.36. The van der Waals surface area contributed by atoms with E-state index in [0.29, 0.717) is 13.2 Å². The molecular formula is C12H19N3O3. The Morgan fingerprint density at radius 2 is 2.33 bits per heavy atom. The molecule has 1 aromatic heterocycles. The average molecular weight is 253 g/mol. The van der Waals surface area contributed by atoms with E-state index in [9.17, 15) is 4.79 Å². The summed E-state index contributed by atoms with van der Waals surface area (Å²) in [6.45, 7) is 6.20. The lowest BCUT2D eigenvalue weighted by Crippen LogP contribution is -2.47. The van der Waals surface area contributed by atoms with Gasteiger partial charge in [0.05, 0.1) is 24.6 Å². The van der Waals surface area contributed by atoms with Crippen molar-refractivity contribution in [2.45, 2.75) is 32.5 Å². The minimum atomic E-state index is -0.924. The van der Waals surface area contributed by atoms with Gasteiger partial charge in [-0.3, -0.25) is 9.58 Å². The molecule has 2 unspecified atom stereocenters. The molecule has 0 spiro atoms. The summed E-state index contributed by atoms with van der Waals surface area (Å²) in [5.41, 5.74) is 1.02. The Bertz CT molecular complexity index is 444. The molecule has 6 nitrogen and oxygen atoms in total. The third-order valence-corrected chi connectivity index (χ3v) is 3.38. The summed E-state index contributed by atoms with van der Waals surface area (Å²) in [6.07, 6.45) is 1.59. The Hall–Kier alpha value is -1.40. The number of nitrogens with zero attached hydrogens (tertiary/aromatic N) is 3.